The van der Waals surface area contributed by atoms with E-state index in [1.165, 1.54) is 7.11 Å². The highest BCUT2D eigenvalue weighted by molar-refractivity contribution is 5.86. The molecular formula is C29H48O5. The van der Waals surface area contributed by atoms with Crippen molar-refractivity contribution in [2.24, 2.45) is 17.8 Å². The molecule has 2 N–H and O–H groups in total. The molecule has 0 amide bonds. The lowest BCUT2D eigenvalue weighted by atomic mass is 9.83. The molecule has 194 valence electrons. The third-order valence-electron chi connectivity index (χ3n) is 7.15. The van der Waals surface area contributed by atoms with Crippen LogP contribution in [0.15, 0.2) is 48.1 Å². The minimum absolute atomic E-state index is 0.0909. The number of Topliss-reactive ketones (excluding diaryl/α,β-unsaturated/α-hetero) is 1. The third-order valence-corrected chi connectivity index (χ3v) is 7.15. The van der Waals surface area contributed by atoms with Gasteiger partial charge in [-0.05, 0) is 69.9 Å². The topological polar surface area (TPSA) is 76.0 Å². The number of carbonyl (C=O) groups excluding carboxylic acids is 1. The van der Waals surface area contributed by atoms with Gasteiger partial charge in [0.25, 0.3) is 0 Å². The molecule has 0 aromatic heterocycles. The monoisotopic (exact) mass is 476 g/mol. The largest absolute Gasteiger partial charge is 0.389 e. The first kappa shape index (κ1) is 30.5. The summed E-state index contributed by atoms with van der Waals surface area (Å²) in [5.74, 6) is 0.365. The first-order valence-electron chi connectivity index (χ1n) is 12.6. The molecule has 0 aliphatic carbocycles. The molecule has 1 aliphatic rings. The lowest BCUT2D eigenvalue weighted by Gasteiger charge is -2.41. The van der Waals surface area contributed by atoms with E-state index in [0.717, 1.165) is 18.4 Å². The summed E-state index contributed by atoms with van der Waals surface area (Å²) in [6.45, 7) is 17.8. The van der Waals surface area contributed by atoms with Crippen molar-refractivity contribution in [3.63, 3.8) is 0 Å². The van der Waals surface area contributed by atoms with Crippen molar-refractivity contribution >= 4 is 5.78 Å². The summed E-state index contributed by atoms with van der Waals surface area (Å²) < 4.78 is 11.4. The van der Waals surface area contributed by atoms with Gasteiger partial charge in [-0.2, -0.15) is 0 Å². The minimum atomic E-state index is -0.987. The maximum absolute atomic E-state index is 12.7. The summed E-state index contributed by atoms with van der Waals surface area (Å²) in [7, 11) is 1.44. The molecule has 34 heavy (non-hydrogen) atoms. The second kappa shape index (κ2) is 14.1. The molecule has 1 saturated heterocycles. The van der Waals surface area contributed by atoms with Gasteiger partial charge in [-0.3, -0.25) is 4.79 Å². The molecule has 0 bridgehead atoms. The highest BCUT2D eigenvalue weighted by Crippen LogP contribution is 2.35. The van der Waals surface area contributed by atoms with Crippen LogP contribution in [0.3, 0.4) is 0 Å². The number of ketones is 1. The van der Waals surface area contributed by atoms with E-state index in [1.54, 1.807) is 6.92 Å². The van der Waals surface area contributed by atoms with Gasteiger partial charge in [0, 0.05) is 19.4 Å². The number of hydrogen-bond donors (Lipinski definition) is 2. The van der Waals surface area contributed by atoms with E-state index >= 15 is 0 Å². The van der Waals surface area contributed by atoms with Crippen LogP contribution in [-0.4, -0.2) is 53.1 Å². The molecule has 1 rings (SSSR count). The van der Waals surface area contributed by atoms with E-state index in [-0.39, 0.29) is 29.3 Å². The predicted octanol–water partition coefficient (Wildman–Crippen LogP) is 5.57. The van der Waals surface area contributed by atoms with Gasteiger partial charge in [-0.25, -0.2) is 0 Å². The molecule has 1 fully saturated rings. The van der Waals surface area contributed by atoms with Gasteiger partial charge in [-0.15, -0.1) is 0 Å². The molecular weight excluding hydrogens is 428 g/mol. The van der Waals surface area contributed by atoms with Crippen LogP contribution in [0.2, 0.25) is 0 Å². The van der Waals surface area contributed by atoms with Crippen molar-refractivity contribution in [3.05, 3.63) is 48.1 Å². The zero-order valence-electron chi connectivity index (χ0n) is 22.6. The number of allylic oxidation sites excluding steroid dienone is 5. The van der Waals surface area contributed by atoms with E-state index in [4.69, 9.17) is 9.47 Å². The third kappa shape index (κ3) is 9.61. The maximum atomic E-state index is 12.7. The molecule has 7 atom stereocenters. The molecule has 5 heteroatoms. The van der Waals surface area contributed by atoms with Gasteiger partial charge in [0.15, 0.2) is 5.78 Å². The number of aliphatic hydroxyl groups is 2. The first-order chi connectivity index (χ1) is 15.8. The van der Waals surface area contributed by atoms with Crippen LogP contribution < -0.4 is 0 Å². The number of rotatable bonds is 13. The van der Waals surface area contributed by atoms with E-state index < -0.39 is 18.3 Å². The lowest BCUT2D eigenvalue weighted by Crippen LogP contribution is -2.42. The normalized spacial score (nSPS) is 25.8. The Bertz CT molecular complexity index is 748. The van der Waals surface area contributed by atoms with Crippen molar-refractivity contribution in [1.29, 1.82) is 0 Å². The van der Waals surface area contributed by atoms with Crippen LogP contribution in [-0.2, 0) is 14.3 Å². The van der Waals surface area contributed by atoms with E-state index in [0.29, 0.717) is 24.3 Å². The number of hydrogen-bond acceptors (Lipinski definition) is 5. The molecule has 1 aliphatic heterocycles. The van der Waals surface area contributed by atoms with Crippen LogP contribution in [0.25, 0.3) is 0 Å². The zero-order chi connectivity index (χ0) is 26.1. The first-order valence-corrected chi connectivity index (χ1v) is 12.6. The Hall–Kier alpha value is -1.53. The fraction of sp³-hybridized carbons (Fsp3) is 0.690. The second-order valence-electron chi connectivity index (χ2n) is 10.7. The van der Waals surface area contributed by atoms with Crippen LogP contribution in [0.5, 0.6) is 0 Å². The van der Waals surface area contributed by atoms with Gasteiger partial charge < -0.3 is 19.7 Å². The van der Waals surface area contributed by atoms with Gasteiger partial charge in [0.05, 0.1) is 17.8 Å². The highest BCUT2D eigenvalue weighted by atomic mass is 16.5. The Morgan fingerprint density at radius 3 is 2.38 bits per heavy atom. The summed E-state index contributed by atoms with van der Waals surface area (Å²) in [5, 5.41) is 20.7. The minimum Gasteiger partial charge on any atom is -0.389 e. The fourth-order valence-corrected chi connectivity index (χ4v) is 4.32. The quantitative estimate of drug-likeness (QED) is 0.268. The number of carbonyl (C=O) groups is 1. The summed E-state index contributed by atoms with van der Waals surface area (Å²) in [6.07, 6.45) is 10.9. The van der Waals surface area contributed by atoms with Gasteiger partial charge in [-0.1, -0.05) is 57.7 Å². The highest BCUT2D eigenvalue weighted by Gasteiger charge is 2.35. The van der Waals surface area contributed by atoms with Gasteiger partial charge in [0.2, 0.25) is 0 Å². The van der Waals surface area contributed by atoms with Gasteiger partial charge in [0.1, 0.15) is 12.2 Å². The summed E-state index contributed by atoms with van der Waals surface area (Å²) in [6, 6.07) is 0. The molecule has 0 aromatic rings. The smallest absolute Gasteiger partial charge is 0.167 e. The molecule has 0 saturated carbocycles. The molecule has 5 nitrogen and oxygen atoms in total. The summed E-state index contributed by atoms with van der Waals surface area (Å²) >= 11 is 0. The SMILES string of the molecule is C=C(C)[C@@H](O)[C@@H](OC)C(=O)[C@H](C)C[C@H](C)/C=C/C=C/C=C(\C)[C@@H](O)C[C@@H]1CC[C@@H](C)C(C)(C)O1. The van der Waals surface area contributed by atoms with Crippen LogP contribution >= 0.6 is 0 Å². The summed E-state index contributed by atoms with van der Waals surface area (Å²) in [4.78, 5) is 12.7. The van der Waals surface area contributed by atoms with Crippen molar-refractivity contribution in [2.75, 3.05) is 7.11 Å². The Morgan fingerprint density at radius 2 is 1.82 bits per heavy atom. The maximum Gasteiger partial charge on any atom is 0.167 e. The molecule has 0 spiro atoms. The van der Waals surface area contributed by atoms with E-state index in [2.05, 4.69) is 40.3 Å². The standard InChI is InChI=1S/C29H48O5/c1-19(2)26(31)28(33-9)27(32)22(5)17-20(3)13-11-10-12-14-21(4)25(30)18-24-16-15-23(6)29(7,8)34-24/h10-14,20,22-26,28,30-31H,1,15-18H2,2-9H3/b12-10+,13-11+,21-14+/t20-,22-,23-,24+,25+,26-,28-/m1/s1. The Labute approximate surface area is 207 Å². The Morgan fingerprint density at radius 1 is 1.18 bits per heavy atom. The lowest BCUT2D eigenvalue weighted by molar-refractivity contribution is -0.145. The van der Waals surface area contributed by atoms with Crippen LogP contribution in [0, 0.1) is 17.8 Å². The Kier molecular flexibility index (Phi) is 12.7. The summed E-state index contributed by atoms with van der Waals surface area (Å²) in [5.41, 5.74) is 1.29. The zero-order valence-corrected chi connectivity index (χ0v) is 22.6. The molecule has 1 heterocycles. The van der Waals surface area contributed by atoms with Crippen LogP contribution in [0.1, 0.15) is 74.1 Å². The van der Waals surface area contributed by atoms with E-state index in [1.807, 2.05) is 38.2 Å². The average molecular weight is 477 g/mol. The second-order valence-corrected chi connectivity index (χ2v) is 10.7. The van der Waals surface area contributed by atoms with Crippen LogP contribution in [0.4, 0.5) is 0 Å². The number of methoxy groups -OCH3 is 1. The molecule has 0 aromatic carbocycles. The molecule has 0 radical (unpaired) electrons. The fourth-order valence-electron chi connectivity index (χ4n) is 4.32. The number of ether oxygens (including phenoxy) is 2. The van der Waals surface area contributed by atoms with Crippen molar-refractivity contribution in [1.82, 2.24) is 0 Å². The van der Waals surface area contributed by atoms with Crippen molar-refractivity contribution < 1.29 is 24.5 Å². The van der Waals surface area contributed by atoms with Crippen molar-refractivity contribution in [3.8, 4) is 0 Å². The molecule has 0 unspecified atom stereocenters. The predicted molar refractivity (Wildman–Crippen MR) is 140 cm³/mol. The van der Waals surface area contributed by atoms with E-state index in [9.17, 15) is 15.0 Å². The Balaban J connectivity index is 2.53. The number of aliphatic hydroxyl groups excluding tert-OH is 2. The average Bonchev–Trinajstić information content (AvgIpc) is 2.75. The van der Waals surface area contributed by atoms with Crippen molar-refractivity contribution in [2.45, 2.75) is 104 Å². The van der Waals surface area contributed by atoms with Gasteiger partial charge >= 0.3 is 0 Å².